The number of ether oxygens (including phenoxy) is 2. The number of hydrogen-bond acceptors (Lipinski definition) is 5. The summed E-state index contributed by atoms with van der Waals surface area (Å²) in [7, 11) is 0. The number of halogens is 3. The van der Waals surface area contributed by atoms with E-state index < -0.39 is 29.2 Å². The number of amides is 1. The first-order valence-corrected chi connectivity index (χ1v) is 11.3. The number of aromatic amines is 1. The standard InChI is InChI=1S/C24H25F3N2O4S/c1-23(2,3)33-21(30)19(12-16-13-28-18-10-6-5-9-17(16)18)29-22(31)32-14-15-8-4-7-11-20(15)34-24(25,26)27/h4-11,13,19,28H,12,14H2,1-3H3,(H,29,31). The normalized spacial score (nSPS) is 12.9. The number of benzene rings is 2. The number of fused-ring (bicyclic) bond motifs is 1. The van der Waals surface area contributed by atoms with Crippen LogP contribution in [0.25, 0.3) is 10.9 Å². The maximum Gasteiger partial charge on any atom is 0.446 e. The summed E-state index contributed by atoms with van der Waals surface area (Å²) in [6, 6.07) is 12.2. The molecule has 1 heterocycles. The van der Waals surface area contributed by atoms with E-state index in [2.05, 4.69) is 10.3 Å². The van der Waals surface area contributed by atoms with Gasteiger partial charge in [0.2, 0.25) is 0 Å². The second-order valence-corrected chi connectivity index (χ2v) is 9.63. The topological polar surface area (TPSA) is 80.4 Å². The molecule has 2 N–H and O–H groups in total. The van der Waals surface area contributed by atoms with Crippen molar-refractivity contribution in [3.63, 3.8) is 0 Å². The van der Waals surface area contributed by atoms with Crippen molar-refractivity contribution in [3.05, 3.63) is 65.9 Å². The molecule has 0 saturated carbocycles. The SMILES string of the molecule is CC(C)(C)OC(=O)C(Cc1c[nH]c2ccccc12)NC(=O)OCc1ccccc1SC(F)(F)F. The Morgan fingerprint density at radius 2 is 1.71 bits per heavy atom. The third-order valence-corrected chi connectivity index (χ3v) is 5.49. The van der Waals surface area contributed by atoms with Crippen molar-refractivity contribution in [1.82, 2.24) is 10.3 Å². The van der Waals surface area contributed by atoms with Gasteiger partial charge in [0, 0.05) is 34.0 Å². The zero-order chi connectivity index (χ0) is 24.9. The van der Waals surface area contributed by atoms with Gasteiger partial charge in [-0.05, 0) is 50.2 Å². The minimum Gasteiger partial charge on any atom is -0.458 e. The quantitative estimate of drug-likeness (QED) is 0.313. The molecule has 3 rings (SSSR count). The number of rotatable bonds is 7. The second kappa shape index (κ2) is 10.4. The number of esters is 1. The monoisotopic (exact) mass is 494 g/mol. The van der Waals surface area contributed by atoms with Gasteiger partial charge in [-0.15, -0.1) is 0 Å². The van der Waals surface area contributed by atoms with Crippen LogP contribution in [0.4, 0.5) is 18.0 Å². The van der Waals surface area contributed by atoms with Crippen LogP contribution in [0.2, 0.25) is 0 Å². The fourth-order valence-corrected chi connectivity index (χ4v) is 3.92. The van der Waals surface area contributed by atoms with E-state index in [0.29, 0.717) is 0 Å². The average Bonchev–Trinajstić information content (AvgIpc) is 3.13. The van der Waals surface area contributed by atoms with E-state index >= 15 is 0 Å². The van der Waals surface area contributed by atoms with E-state index in [1.807, 2.05) is 24.3 Å². The van der Waals surface area contributed by atoms with Crippen molar-refractivity contribution in [3.8, 4) is 0 Å². The molecular formula is C24H25F3N2O4S. The van der Waals surface area contributed by atoms with Crippen LogP contribution in [-0.2, 0) is 27.3 Å². The Bertz CT molecular complexity index is 1150. The third-order valence-electron chi connectivity index (χ3n) is 4.64. The molecule has 0 bridgehead atoms. The van der Waals surface area contributed by atoms with Gasteiger partial charge >= 0.3 is 17.6 Å². The van der Waals surface area contributed by atoms with Crippen LogP contribution in [0.5, 0.6) is 0 Å². The zero-order valence-electron chi connectivity index (χ0n) is 18.9. The van der Waals surface area contributed by atoms with Gasteiger partial charge in [0.15, 0.2) is 0 Å². The van der Waals surface area contributed by atoms with Gasteiger partial charge in [-0.25, -0.2) is 9.59 Å². The highest BCUT2D eigenvalue weighted by atomic mass is 32.2. The molecule has 0 aliphatic heterocycles. The number of carbonyl (C=O) groups excluding carboxylic acids is 2. The number of carbonyl (C=O) groups is 2. The molecule has 1 aromatic heterocycles. The fourth-order valence-electron chi connectivity index (χ4n) is 3.26. The Morgan fingerprint density at radius 3 is 2.41 bits per heavy atom. The highest BCUT2D eigenvalue weighted by Gasteiger charge is 2.31. The Labute approximate surface area is 199 Å². The lowest BCUT2D eigenvalue weighted by molar-refractivity contribution is -0.157. The first-order chi connectivity index (χ1) is 15.9. The summed E-state index contributed by atoms with van der Waals surface area (Å²) in [5.41, 5.74) is -3.39. The van der Waals surface area contributed by atoms with Crippen LogP contribution in [0.3, 0.4) is 0 Å². The molecule has 1 amide bonds. The van der Waals surface area contributed by atoms with Crippen LogP contribution in [0, 0.1) is 0 Å². The molecule has 0 saturated heterocycles. The van der Waals surface area contributed by atoms with Gasteiger partial charge in [0.25, 0.3) is 0 Å². The number of alkyl halides is 3. The summed E-state index contributed by atoms with van der Waals surface area (Å²) in [6.45, 7) is 4.74. The minimum absolute atomic E-state index is 0.0646. The highest BCUT2D eigenvalue weighted by molar-refractivity contribution is 8.00. The Morgan fingerprint density at radius 1 is 1.03 bits per heavy atom. The molecule has 10 heteroatoms. The zero-order valence-corrected chi connectivity index (χ0v) is 19.7. The predicted octanol–water partition coefficient (Wildman–Crippen LogP) is 5.96. The number of aromatic nitrogens is 1. The summed E-state index contributed by atoms with van der Waals surface area (Å²) in [4.78, 5) is 28.4. The largest absolute Gasteiger partial charge is 0.458 e. The number of para-hydroxylation sites is 1. The van der Waals surface area contributed by atoms with Crippen molar-refractivity contribution in [2.75, 3.05) is 0 Å². The maximum absolute atomic E-state index is 12.8. The molecule has 6 nitrogen and oxygen atoms in total. The van der Waals surface area contributed by atoms with Gasteiger partial charge in [-0.3, -0.25) is 0 Å². The van der Waals surface area contributed by atoms with Crippen molar-refractivity contribution in [2.45, 2.75) is 55.8 Å². The molecule has 182 valence electrons. The number of H-pyrrole nitrogens is 1. The molecule has 34 heavy (non-hydrogen) atoms. The fraction of sp³-hybridized carbons (Fsp3) is 0.333. The van der Waals surface area contributed by atoms with Gasteiger partial charge in [-0.2, -0.15) is 13.2 Å². The summed E-state index contributed by atoms with van der Waals surface area (Å²) in [5, 5.41) is 3.39. The van der Waals surface area contributed by atoms with Crippen LogP contribution < -0.4 is 5.32 Å². The molecule has 1 unspecified atom stereocenters. The van der Waals surface area contributed by atoms with Crippen LogP contribution in [0.15, 0.2) is 59.6 Å². The third kappa shape index (κ3) is 7.44. The average molecular weight is 495 g/mol. The van der Waals surface area contributed by atoms with E-state index in [4.69, 9.17) is 9.47 Å². The molecule has 0 aliphatic carbocycles. The number of nitrogens with one attached hydrogen (secondary N) is 2. The van der Waals surface area contributed by atoms with Crippen LogP contribution in [0.1, 0.15) is 31.9 Å². The second-order valence-electron chi connectivity index (χ2n) is 8.53. The molecule has 0 fully saturated rings. The van der Waals surface area contributed by atoms with Crippen molar-refractivity contribution >= 4 is 34.7 Å². The van der Waals surface area contributed by atoms with Gasteiger partial charge in [0.1, 0.15) is 18.2 Å². The number of alkyl carbamates (subject to hydrolysis) is 1. The first-order valence-electron chi connectivity index (χ1n) is 10.5. The van der Waals surface area contributed by atoms with Crippen LogP contribution >= 0.6 is 11.8 Å². The van der Waals surface area contributed by atoms with E-state index in [0.717, 1.165) is 16.5 Å². The van der Waals surface area contributed by atoms with Crippen molar-refractivity contribution in [1.29, 1.82) is 0 Å². The van der Waals surface area contributed by atoms with E-state index in [1.165, 1.54) is 18.2 Å². The maximum atomic E-state index is 12.8. The number of thioether (sulfide) groups is 1. The Hall–Kier alpha value is -3.14. The lowest BCUT2D eigenvalue weighted by Gasteiger charge is -2.24. The van der Waals surface area contributed by atoms with Crippen molar-refractivity contribution < 1.29 is 32.2 Å². The van der Waals surface area contributed by atoms with Gasteiger partial charge in [0.05, 0.1) is 0 Å². The van der Waals surface area contributed by atoms with E-state index in [-0.39, 0.29) is 35.2 Å². The van der Waals surface area contributed by atoms with E-state index in [9.17, 15) is 22.8 Å². The molecule has 1 atom stereocenters. The van der Waals surface area contributed by atoms with E-state index in [1.54, 1.807) is 33.0 Å². The lowest BCUT2D eigenvalue weighted by Crippen LogP contribution is -2.45. The predicted molar refractivity (Wildman–Crippen MR) is 123 cm³/mol. The highest BCUT2D eigenvalue weighted by Crippen LogP contribution is 2.38. The van der Waals surface area contributed by atoms with Gasteiger partial charge < -0.3 is 19.8 Å². The van der Waals surface area contributed by atoms with Gasteiger partial charge in [-0.1, -0.05) is 36.4 Å². The van der Waals surface area contributed by atoms with Crippen LogP contribution in [-0.4, -0.2) is 34.2 Å². The summed E-state index contributed by atoms with van der Waals surface area (Å²) < 4.78 is 49.0. The Kier molecular flexibility index (Phi) is 7.81. The molecule has 3 aromatic rings. The number of hydrogen-bond donors (Lipinski definition) is 2. The molecule has 0 spiro atoms. The summed E-state index contributed by atoms with van der Waals surface area (Å²) >= 11 is -0.281. The molecule has 0 aliphatic rings. The Balaban J connectivity index is 1.72. The lowest BCUT2D eigenvalue weighted by atomic mass is 10.0. The van der Waals surface area contributed by atoms with Crippen molar-refractivity contribution in [2.24, 2.45) is 0 Å². The molecule has 2 aromatic carbocycles. The molecular weight excluding hydrogens is 469 g/mol. The smallest absolute Gasteiger partial charge is 0.446 e. The first kappa shape index (κ1) is 25.5. The molecule has 0 radical (unpaired) electrons. The summed E-state index contributed by atoms with van der Waals surface area (Å²) in [6.07, 6.45) is 0.941. The summed E-state index contributed by atoms with van der Waals surface area (Å²) in [5.74, 6) is -0.650. The minimum atomic E-state index is -4.47.